The summed E-state index contributed by atoms with van der Waals surface area (Å²) in [7, 11) is 0. The van der Waals surface area contributed by atoms with Crippen LogP contribution in [0.4, 0.5) is 0 Å². The fourth-order valence-electron chi connectivity index (χ4n) is 2.15. The average Bonchev–Trinajstić information content (AvgIpc) is 2.57. The number of hydrogen-bond donors (Lipinski definition) is 1. The minimum Gasteiger partial charge on any atom is -0.349 e. The second-order valence-corrected chi connectivity index (χ2v) is 5.62. The van der Waals surface area contributed by atoms with E-state index < -0.39 is 0 Å². The molecule has 0 radical (unpaired) electrons. The van der Waals surface area contributed by atoms with E-state index in [-0.39, 0.29) is 11.7 Å². The fraction of sp³-hybridized carbons (Fsp3) is 0.100. The summed E-state index contributed by atoms with van der Waals surface area (Å²) < 4.78 is 0. The molecule has 0 fully saturated rings. The first-order chi connectivity index (χ1) is 11.6. The highest BCUT2D eigenvalue weighted by Crippen LogP contribution is 2.19. The highest BCUT2D eigenvalue weighted by molar-refractivity contribution is 6.31. The Morgan fingerprint density at radius 1 is 1.08 bits per heavy atom. The quantitative estimate of drug-likeness (QED) is 0.804. The van der Waals surface area contributed by atoms with Gasteiger partial charge in [0, 0.05) is 23.2 Å². The molecule has 4 heteroatoms. The maximum absolute atomic E-state index is 12.0. The first-order valence-electron chi connectivity index (χ1n) is 7.54. The second kappa shape index (κ2) is 8.85. The second-order valence-electron chi connectivity index (χ2n) is 5.18. The Bertz CT molecular complexity index is 779. The van der Waals surface area contributed by atoms with Gasteiger partial charge in [0.1, 0.15) is 0 Å². The molecule has 1 N–H and O–H groups in total. The number of carbonyl (C=O) groups excluding carboxylic acids is 2. The van der Waals surface area contributed by atoms with E-state index in [1.54, 1.807) is 24.3 Å². The standard InChI is InChI=1S/C20H18ClNO2/c1-15(23)19(17-10-5-11-18(21)13-17)14-20(24)22-12-6-9-16-7-3-2-4-8-16/h2-11,13-14H,12H2,1H3,(H,22,24). The zero-order valence-electron chi connectivity index (χ0n) is 13.3. The Hall–Kier alpha value is -2.65. The normalized spacial score (nSPS) is 11.5. The van der Waals surface area contributed by atoms with Crippen LogP contribution in [-0.4, -0.2) is 18.2 Å². The van der Waals surface area contributed by atoms with E-state index in [9.17, 15) is 9.59 Å². The largest absolute Gasteiger partial charge is 0.349 e. The number of allylic oxidation sites excluding steroid dienone is 1. The van der Waals surface area contributed by atoms with E-state index in [0.717, 1.165) is 5.56 Å². The Labute approximate surface area is 146 Å². The molecular weight excluding hydrogens is 322 g/mol. The molecular formula is C20H18ClNO2. The average molecular weight is 340 g/mol. The van der Waals surface area contributed by atoms with Gasteiger partial charge in [-0.25, -0.2) is 0 Å². The lowest BCUT2D eigenvalue weighted by Crippen LogP contribution is -2.21. The number of nitrogens with one attached hydrogen (secondary N) is 1. The van der Waals surface area contributed by atoms with E-state index in [1.807, 2.05) is 42.5 Å². The van der Waals surface area contributed by atoms with E-state index in [2.05, 4.69) is 5.32 Å². The monoisotopic (exact) mass is 339 g/mol. The number of Topliss-reactive ketones (excluding diaryl/α,β-unsaturated/α-hetero) is 1. The van der Waals surface area contributed by atoms with Crippen LogP contribution < -0.4 is 5.32 Å². The van der Waals surface area contributed by atoms with Gasteiger partial charge in [-0.3, -0.25) is 9.59 Å². The fourth-order valence-corrected chi connectivity index (χ4v) is 2.34. The smallest absolute Gasteiger partial charge is 0.244 e. The van der Waals surface area contributed by atoms with E-state index >= 15 is 0 Å². The van der Waals surface area contributed by atoms with E-state index in [1.165, 1.54) is 13.0 Å². The van der Waals surface area contributed by atoms with Gasteiger partial charge < -0.3 is 5.32 Å². The van der Waals surface area contributed by atoms with Crippen LogP contribution in [0.2, 0.25) is 5.02 Å². The van der Waals surface area contributed by atoms with Gasteiger partial charge in [0.2, 0.25) is 5.91 Å². The maximum Gasteiger partial charge on any atom is 0.244 e. The molecule has 0 aliphatic heterocycles. The van der Waals surface area contributed by atoms with E-state index in [4.69, 9.17) is 11.6 Å². The first kappa shape index (κ1) is 17.7. The van der Waals surface area contributed by atoms with Crippen LogP contribution in [0, 0.1) is 0 Å². The summed E-state index contributed by atoms with van der Waals surface area (Å²) in [6, 6.07) is 16.7. The summed E-state index contributed by atoms with van der Waals surface area (Å²) in [4.78, 5) is 23.8. The van der Waals surface area contributed by atoms with Gasteiger partial charge in [-0.2, -0.15) is 0 Å². The summed E-state index contributed by atoms with van der Waals surface area (Å²) in [5.74, 6) is -0.509. The summed E-state index contributed by atoms with van der Waals surface area (Å²) in [6.45, 7) is 1.81. The Morgan fingerprint density at radius 3 is 2.50 bits per heavy atom. The number of hydrogen-bond acceptors (Lipinski definition) is 2. The van der Waals surface area contributed by atoms with Crippen LogP contribution in [-0.2, 0) is 9.59 Å². The number of carbonyl (C=O) groups is 2. The molecule has 2 aromatic rings. The van der Waals surface area contributed by atoms with E-state index in [0.29, 0.717) is 22.7 Å². The molecule has 2 aromatic carbocycles. The van der Waals surface area contributed by atoms with Crippen molar-refractivity contribution in [3.8, 4) is 0 Å². The molecule has 0 saturated carbocycles. The molecule has 122 valence electrons. The van der Waals surface area contributed by atoms with Gasteiger partial charge in [-0.15, -0.1) is 0 Å². The highest BCUT2D eigenvalue weighted by Gasteiger charge is 2.10. The molecule has 0 aliphatic rings. The van der Waals surface area contributed by atoms with Crippen molar-refractivity contribution in [3.05, 3.63) is 82.9 Å². The van der Waals surface area contributed by atoms with Crippen molar-refractivity contribution in [2.75, 3.05) is 6.54 Å². The predicted molar refractivity (Wildman–Crippen MR) is 98.6 cm³/mol. The Balaban J connectivity index is 2.01. The number of rotatable bonds is 6. The number of ketones is 1. The number of benzene rings is 2. The van der Waals surface area contributed by atoms with Crippen molar-refractivity contribution in [2.24, 2.45) is 0 Å². The Kier molecular flexibility index (Phi) is 6.52. The molecule has 3 nitrogen and oxygen atoms in total. The maximum atomic E-state index is 12.0. The van der Waals surface area contributed by atoms with Gasteiger partial charge in [0.05, 0.1) is 0 Å². The lowest BCUT2D eigenvalue weighted by Gasteiger charge is -2.05. The van der Waals surface area contributed by atoms with Crippen molar-refractivity contribution >= 4 is 34.9 Å². The van der Waals surface area contributed by atoms with Crippen molar-refractivity contribution in [1.29, 1.82) is 0 Å². The minimum absolute atomic E-state index is 0.188. The molecule has 0 aromatic heterocycles. The first-order valence-corrected chi connectivity index (χ1v) is 7.92. The predicted octanol–water partition coefficient (Wildman–Crippen LogP) is 4.14. The minimum atomic E-state index is -0.321. The van der Waals surface area contributed by atoms with Gasteiger partial charge in [0.25, 0.3) is 0 Å². The molecule has 0 spiro atoms. The lowest BCUT2D eigenvalue weighted by molar-refractivity contribution is -0.117. The third-order valence-corrected chi connectivity index (χ3v) is 3.53. The molecule has 0 saturated heterocycles. The zero-order chi connectivity index (χ0) is 17.4. The van der Waals surface area contributed by atoms with Crippen LogP contribution in [0.5, 0.6) is 0 Å². The number of amides is 1. The lowest BCUT2D eigenvalue weighted by atomic mass is 10.0. The van der Waals surface area contributed by atoms with Crippen LogP contribution in [0.25, 0.3) is 11.6 Å². The molecule has 2 rings (SSSR count). The van der Waals surface area contributed by atoms with Crippen LogP contribution >= 0.6 is 11.6 Å². The molecule has 0 unspecified atom stereocenters. The van der Waals surface area contributed by atoms with Crippen LogP contribution in [0.1, 0.15) is 18.1 Å². The molecule has 24 heavy (non-hydrogen) atoms. The summed E-state index contributed by atoms with van der Waals surface area (Å²) in [5, 5.41) is 3.25. The van der Waals surface area contributed by atoms with Gasteiger partial charge in [-0.1, -0.05) is 66.2 Å². The molecule has 0 bridgehead atoms. The van der Waals surface area contributed by atoms with Crippen molar-refractivity contribution in [2.45, 2.75) is 6.92 Å². The summed E-state index contributed by atoms with van der Waals surface area (Å²) in [5.41, 5.74) is 2.03. The topological polar surface area (TPSA) is 46.2 Å². The summed E-state index contributed by atoms with van der Waals surface area (Å²) in [6.07, 6.45) is 5.09. The van der Waals surface area contributed by atoms with Crippen LogP contribution in [0.3, 0.4) is 0 Å². The van der Waals surface area contributed by atoms with Gasteiger partial charge in [-0.05, 0) is 30.2 Å². The number of halogens is 1. The molecule has 1 amide bonds. The van der Waals surface area contributed by atoms with Gasteiger partial charge in [0.15, 0.2) is 5.78 Å². The summed E-state index contributed by atoms with van der Waals surface area (Å²) >= 11 is 5.94. The third-order valence-electron chi connectivity index (χ3n) is 3.29. The molecule has 0 atom stereocenters. The zero-order valence-corrected chi connectivity index (χ0v) is 14.1. The SMILES string of the molecule is CC(=O)C(=CC(=O)NCC=Cc1ccccc1)c1cccc(Cl)c1. The van der Waals surface area contributed by atoms with Crippen LogP contribution in [0.15, 0.2) is 66.7 Å². The van der Waals surface area contributed by atoms with Crippen molar-refractivity contribution in [3.63, 3.8) is 0 Å². The highest BCUT2D eigenvalue weighted by atomic mass is 35.5. The Morgan fingerprint density at radius 2 is 1.83 bits per heavy atom. The molecule has 0 heterocycles. The van der Waals surface area contributed by atoms with Gasteiger partial charge >= 0.3 is 0 Å². The third kappa shape index (κ3) is 5.52. The van der Waals surface area contributed by atoms with Crippen molar-refractivity contribution < 1.29 is 9.59 Å². The van der Waals surface area contributed by atoms with Crippen molar-refractivity contribution in [1.82, 2.24) is 5.32 Å². The molecule has 0 aliphatic carbocycles.